The van der Waals surface area contributed by atoms with E-state index in [2.05, 4.69) is 21.3 Å². The van der Waals surface area contributed by atoms with Crippen LogP contribution in [-0.2, 0) is 4.79 Å². The fourth-order valence-electron chi connectivity index (χ4n) is 3.50. The summed E-state index contributed by atoms with van der Waals surface area (Å²) in [6, 6.07) is 13.8. The number of aryl methyl sites for hydroxylation is 1. The van der Waals surface area contributed by atoms with E-state index in [-0.39, 0.29) is 23.9 Å². The van der Waals surface area contributed by atoms with Crippen molar-refractivity contribution < 1.29 is 14.4 Å². The minimum atomic E-state index is -0.367. The number of hydrogen-bond acceptors (Lipinski definition) is 3. The van der Waals surface area contributed by atoms with Crippen LogP contribution in [0.1, 0.15) is 25.3 Å². The Labute approximate surface area is 182 Å². The summed E-state index contributed by atoms with van der Waals surface area (Å²) in [5.74, 6) is -0.191. The Balaban J connectivity index is 1.55. The van der Waals surface area contributed by atoms with Crippen molar-refractivity contribution in [2.24, 2.45) is 5.92 Å². The summed E-state index contributed by atoms with van der Waals surface area (Å²) in [7, 11) is 0. The number of amides is 5. The molecule has 2 aromatic carbocycles. The number of nitrogens with one attached hydrogen (secondary N) is 4. The van der Waals surface area contributed by atoms with Crippen LogP contribution in [0.4, 0.5) is 26.7 Å². The number of carbonyl (C=O) groups is 3. The highest BCUT2D eigenvalue weighted by Gasteiger charge is 2.28. The Bertz CT molecular complexity index is 929. The third-order valence-corrected chi connectivity index (χ3v) is 5.11. The zero-order chi connectivity index (χ0) is 22.2. The summed E-state index contributed by atoms with van der Waals surface area (Å²) in [6.07, 6.45) is 1.57. The molecule has 0 aromatic heterocycles. The largest absolute Gasteiger partial charge is 0.356 e. The first-order chi connectivity index (χ1) is 14.9. The van der Waals surface area contributed by atoms with Gasteiger partial charge in [-0.2, -0.15) is 0 Å². The molecule has 4 N–H and O–H groups in total. The Hall–Kier alpha value is -3.55. The molecule has 1 aliphatic rings. The number of carbonyl (C=O) groups excluding carboxylic acids is 3. The lowest BCUT2D eigenvalue weighted by atomic mass is 9.97. The van der Waals surface area contributed by atoms with Crippen LogP contribution in [0, 0.1) is 12.8 Å². The molecule has 8 heteroatoms. The number of hydrogen-bond donors (Lipinski definition) is 4. The second-order valence-electron chi connectivity index (χ2n) is 7.64. The molecule has 8 nitrogen and oxygen atoms in total. The van der Waals surface area contributed by atoms with Crippen LogP contribution in [0.3, 0.4) is 0 Å². The molecule has 1 fully saturated rings. The lowest BCUT2D eigenvalue weighted by Gasteiger charge is -2.32. The van der Waals surface area contributed by atoms with Gasteiger partial charge in [-0.3, -0.25) is 4.79 Å². The molecule has 0 spiro atoms. The molecule has 5 amide bonds. The molecule has 1 heterocycles. The quantitative estimate of drug-likeness (QED) is 0.584. The minimum absolute atomic E-state index is 0.00853. The summed E-state index contributed by atoms with van der Waals surface area (Å²) in [5, 5.41) is 11.2. The summed E-state index contributed by atoms with van der Waals surface area (Å²) in [4.78, 5) is 38.7. The Morgan fingerprint density at radius 3 is 2.35 bits per heavy atom. The van der Waals surface area contributed by atoms with Gasteiger partial charge in [0.05, 0.1) is 5.92 Å². The van der Waals surface area contributed by atoms with Crippen LogP contribution in [0.5, 0.6) is 0 Å². The summed E-state index contributed by atoms with van der Waals surface area (Å²) >= 11 is 0. The van der Waals surface area contributed by atoms with E-state index in [1.54, 1.807) is 29.2 Å². The highest BCUT2D eigenvalue weighted by molar-refractivity contribution is 6.00. The number of anilines is 3. The molecule has 3 rings (SSSR count). The van der Waals surface area contributed by atoms with E-state index in [0.717, 1.165) is 18.4 Å². The highest BCUT2D eigenvalue weighted by atomic mass is 16.2. The van der Waals surface area contributed by atoms with Crippen LogP contribution in [0.2, 0.25) is 0 Å². The average molecular weight is 424 g/mol. The molecule has 0 saturated carbocycles. The zero-order valence-electron chi connectivity index (χ0n) is 17.9. The number of benzene rings is 2. The standard InChI is InChI=1S/C23H29N5O3/c1-3-24-21(29)17-6-5-13-28(15-17)23(31)27-20-8-4-7-19(14-20)26-22(30)25-18-11-9-16(2)10-12-18/h4,7-12,14,17H,3,5-6,13,15H2,1-2H3,(H,24,29)(H,27,31)(H2,25,26,30)/t17-/m0/s1. The predicted molar refractivity (Wildman–Crippen MR) is 122 cm³/mol. The van der Waals surface area contributed by atoms with Crippen LogP contribution < -0.4 is 21.3 Å². The number of piperidine rings is 1. The Morgan fingerprint density at radius 1 is 0.968 bits per heavy atom. The molecule has 0 radical (unpaired) electrons. The molecule has 2 aromatic rings. The molecule has 0 aliphatic carbocycles. The van der Waals surface area contributed by atoms with Crippen molar-refractivity contribution >= 4 is 35.0 Å². The summed E-state index contributed by atoms with van der Waals surface area (Å²) < 4.78 is 0. The summed E-state index contributed by atoms with van der Waals surface area (Å²) in [5.41, 5.74) is 2.93. The van der Waals surface area contributed by atoms with Gasteiger partial charge in [0, 0.05) is 36.7 Å². The average Bonchev–Trinajstić information content (AvgIpc) is 2.76. The van der Waals surface area contributed by atoms with Crippen molar-refractivity contribution in [1.29, 1.82) is 0 Å². The molecule has 1 aliphatic heterocycles. The van der Waals surface area contributed by atoms with E-state index >= 15 is 0 Å². The number of rotatable bonds is 5. The number of nitrogens with zero attached hydrogens (tertiary/aromatic N) is 1. The molecule has 0 unspecified atom stereocenters. The van der Waals surface area contributed by atoms with Gasteiger partial charge in [-0.05, 0) is 57.0 Å². The Morgan fingerprint density at radius 2 is 1.65 bits per heavy atom. The van der Waals surface area contributed by atoms with Gasteiger partial charge in [0.1, 0.15) is 0 Å². The van der Waals surface area contributed by atoms with Crippen molar-refractivity contribution in [1.82, 2.24) is 10.2 Å². The van der Waals surface area contributed by atoms with Crippen molar-refractivity contribution in [2.75, 3.05) is 35.6 Å². The van der Waals surface area contributed by atoms with Gasteiger partial charge in [-0.1, -0.05) is 23.8 Å². The topological polar surface area (TPSA) is 103 Å². The monoisotopic (exact) mass is 423 g/mol. The SMILES string of the molecule is CCNC(=O)[C@H]1CCCN(C(=O)Nc2cccc(NC(=O)Nc3ccc(C)cc3)c2)C1. The van der Waals surface area contributed by atoms with Gasteiger partial charge in [0.25, 0.3) is 0 Å². The van der Waals surface area contributed by atoms with Crippen molar-refractivity contribution in [3.05, 3.63) is 54.1 Å². The number of likely N-dealkylation sites (tertiary alicyclic amines) is 1. The first-order valence-electron chi connectivity index (χ1n) is 10.5. The molecular formula is C23H29N5O3. The Kier molecular flexibility index (Phi) is 7.48. The summed E-state index contributed by atoms with van der Waals surface area (Å²) in [6.45, 7) is 5.45. The van der Waals surface area contributed by atoms with Crippen LogP contribution in [-0.4, -0.2) is 42.5 Å². The maximum Gasteiger partial charge on any atom is 0.323 e. The molecule has 1 saturated heterocycles. The third kappa shape index (κ3) is 6.47. The molecule has 0 bridgehead atoms. The van der Waals surface area contributed by atoms with Gasteiger partial charge in [-0.25, -0.2) is 9.59 Å². The molecule has 31 heavy (non-hydrogen) atoms. The molecular weight excluding hydrogens is 394 g/mol. The predicted octanol–water partition coefficient (Wildman–Crippen LogP) is 4.02. The lowest BCUT2D eigenvalue weighted by Crippen LogP contribution is -2.46. The number of urea groups is 2. The lowest BCUT2D eigenvalue weighted by molar-refractivity contribution is -0.126. The third-order valence-electron chi connectivity index (χ3n) is 5.11. The van der Waals surface area contributed by atoms with E-state index < -0.39 is 0 Å². The van der Waals surface area contributed by atoms with E-state index in [1.165, 1.54) is 0 Å². The van der Waals surface area contributed by atoms with Crippen molar-refractivity contribution in [2.45, 2.75) is 26.7 Å². The van der Waals surface area contributed by atoms with Gasteiger partial charge in [-0.15, -0.1) is 0 Å². The fraction of sp³-hybridized carbons (Fsp3) is 0.348. The normalized spacial score (nSPS) is 15.7. The van der Waals surface area contributed by atoms with E-state index in [1.807, 2.05) is 38.1 Å². The van der Waals surface area contributed by atoms with Crippen LogP contribution >= 0.6 is 0 Å². The smallest absolute Gasteiger partial charge is 0.323 e. The fourth-order valence-corrected chi connectivity index (χ4v) is 3.50. The van der Waals surface area contributed by atoms with Crippen LogP contribution in [0.25, 0.3) is 0 Å². The van der Waals surface area contributed by atoms with Crippen molar-refractivity contribution in [3.8, 4) is 0 Å². The van der Waals surface area contributed by atoms with Gasteiger partial charge in [0.2, 0.25) is 5.91 Å². The van der Waals surface area contributed by atoms with E-state index in [9.17, 15) is 14.4 Å². The van der Waals surface area contributed by atoms with E-state index in [0.29, 0.717) is 36.7 Å². The van der Waals surface area contributed by atoms with Gasteiger partial charge >= 0.3 is 12.1 Å². The van der Waals surface area contributed by atoms with Gasteiger partial charge < -0.3 is 26.2 Å². The molecule has 164 valence electrons. The maximum atomic E-state index is 12.7. The first kappa shape index (κ1) is 22.1. The highest BCUT2D eigenvalue weighted by Crippen LogP contribution is 2.20. The van der Waals surface area contributed by atoms with E-state index in [4.69, 9.17) is 0 Å². The zero-order valence-corrected chi connectivity index (χ0v) is 17.9. The second-order valence-corrected chi connectivity index (χ2v) is 7.64. The first-order valence-corrected chi connectivity index (χ1v) is 10.5. The van der Waals surface area contributed by atoms with Gasteiger partial charge in [0.15, 0.2) is 0 Å². The van der Waals surface area contributed by atoms with Crippen molar-refractivity contribution in [3.63, 3.8) is 0 Å². The molecule has 1 atom stereocenters. The van der Waals surface area contributed by atoms with Crippen LogP contribution in [0.15, 0.2) is 48.5 Å². The second kappa shape index (κ2) is 10.5. The maximum absolute atomic E-state index is 12.7. The minimum Gasteiger partial charge on any atom is -0.356 e.